The largest absolute Gasteiger partial charge is 0.502 e. The molecule has 1 N–H and O–H groups in total. The first-order chi connectivity index (χ1) is 9.83. The number of rotatable bonds is 3. The van der Waals surface area contributed by atoms with E-state index in [1.807, 2.05) is 0 Å². The third-order valence-corrected chi connectivity index (χ3v) is 4.65. The molecule has 0 spiro atoms. The van der Waals surface area contributed by atoms with Crippen LogP contribution >= 0.6 is 27.5 Å². The molecule has 1 atom stereocenters. The van der Waals surface area contributed by atoms with Crippen molar-refractivity contribution in [3.63, 3.8) is 0 Å². The van der Waals surface area contributed by atoms with Crippen LogP contribution in [-0.4, -0.2) is 29.1 Å². The van der Waals surface area contributed by atoms with E-state index in [0.29, 0.717) is 10.7 Å². The zero-order valence-electron chi connectivity index (χ0n) is 11.4. The van der Waals surface area contributed by atoms with Crippen LogP contribution in [0.4, 0.5) is 5.69 Å². The van der Waals surface area contributed by atoms with Crippen LogP contribution in [0.25, 0.3) is 0 Å². The summed E-state index contributed by atoms with van der Waals surface area (Å²) in [6.45, 7) is 3.34. The van der Waals surface area contributed by atoms with E-state index >= 15 is 0 Å². The maximum absolute atomic E-state index is 12.3. The molecule has 0 saturated heterocycles. The van der Waals surface area contributed by atoms with Crippen LogP contribution in [0.5, 0.6) is 0 Å². The minimum Gasteiger partial charge on any atom is -0.502 e. The Morgan fingerprint density at radius 2 is 2.00 bits per heavy atom. The molecule has 0 aliphatic carbocycles. The van der Waals surface area contributed by atoms with E-state index in [4.69, 9.17) is 16.3 Å². The topological polar surface area (TPSA) is 66.8 Å². The first-order valence-corrected chi connectivity index (χ1v) is 7.37. The fourth-order valence-electron chi connectivity index (χ4n) is 2.15. The summed E-state index contributed by atoms with van der Waals surface area (Å²) < 4.78 is 5.11. The van der Waals surface area contributed by atoms with Crippen molar-refractivity contribution < 1.29 is 19.4 Å². The summed E-state index contributed by atoms with van der Waals surface area (Å²) in [5, 5.41) is 10.4. The molecule has 0 radical (unpaired) electrons. The molecule has 0 saturated carbocycles. The number of carbonyl (C=O) groups excluding carboxylic acids is 2. The van der Waals surface area contributed by atoms with Crippen molar-refractivity contribution in [1.29, 1.82) is 0 Å². The average Bonchev–Trinajstić information content (AvgIpc) is 2.63. The van der Waals surface area contributed by atoms with Crippen LogP contribution < -0.4 is 4.90 Å². The van der Waals surface area contributed by atoms with E-state index in [9.17, 15) is 14.7 Å². The second kappa shape index (κ2) is 5.69. The van der Waals surface area contributed by atoms with E-state index in [2.05, 4.69) is 15.9 Å². The standard InChI is InChI=1S/C14H13BrClNO4/c1-3-21-13(20)14(2)11(15)10(18)12(19)17(14)9-6-4-8(16)5-7-9/h4-7,18H,3H2,1-2H3. The zero-order valence-corrected chi connectivity index (χ0v) is 13.7. The monoisotopic (exact) mass is 373 g/mol. The average molecular weight is 375 g/mol. The Bertz CT molecular complexity index is 628. The fraction of sp³-hybridized carbons (Fsp3) is 0.286. The summed E-state index contributed by atoms with van der Waals surface area (Å²) in [6.07, 6.45) is 0. The molecule has 0 fully saturated rings. The lowest BCUT2D eigenvalue weighted by atomic mass is 10.0. The van der Waals surface area contributed by atoms with E-state index in [0.717, 1.165) is 0 Å². The van der Waals surface area contributed by atoms with E-state index in [-0.39, 0.29) is 11.1 Å². The lowest BCUT2D eigenvalue weighted by molar-refractivity contribution is -0.147. The van der Waals surface area contributed by atoms with Gasteiger partial charge in [-0.15, -0.1) is 0 Å². The molecule has 1 amide bonds. The lowest BCUT2D eigenvalue weighted by Gasteiger charge is -2.33. The highest BCUT2D eigenvalue weighted by atomic mass is 79.9. The number of carbonyl (C=O) groups is 2. The van der Waals surface area contributed by atoms with Gasteiger partial charge in [0.1, 0.15) is 0 Å². The Morgan fingerprint density at radius 3 is 2.52 bits per heavy atom. The number of amides is 1. The predicted molar refractivity (Wildman–Crippen MR) is 82.6 cm³/mol. The van der Waals surface area contributed by atoms with Gasteiger partial charge >= 0.3 is 5.97 Å². The van der Waals surface area contributed by atoms with Gasteiger partial charge in [-0.2, -0.15) is 0 Å². The van der Waals surface area contributed by atoms with Crippen LogP contribution in [0.2, 0.25) is 5.02 Å². The minimum atomic E-state index is -1.45. The van der Waals surface area contributed by atoms with Gasteiger partial charge in [0.05, 0.1) is 11.1 Å². The summed E-state index contributed by atoms with van der Waals surface area (Å²) in [7, 11) is 0. The number of benzene rings is 1. The van der Waals surface area contributed by atoms with Crippen molar-refractivity contribution in [1.82, 2.24) is 0 Å². The normalized spacial score (nSPS) is 21.9. The van der Waals surface area contributed by atoms with Gasteiger partial charge in [0.15, 0.2) is 11.3 Å². The molecule has 1 aliphatic heterocycles. The number of aliphatic hydroxyl groups excluding tert-OH is 1. The van der Waals surface area contributed by atoms with Crippen molar-refractivity contribution in [3.05, 3.63) is 39.5 Å². The van der Waals surface area contributed by atoms with Gasteiger partial charge in [0.25, 0.3) is 5.91 Å². The van der Waals surface area contributed by atoms with Crippen LogP contribution in [0, 0.1) is 0 Å². The summed E-state index contributed by atoms with van der Waals surface area (Å²) in [4.78, 5) is 25.8. The van der Waals surface area contributed by atoms with Crippen molar-refractivity contribution in [2.45, 2.75) is 19.4 Å². The maximum atomic E-state index is 12.3. The number of hydrogen-bond donors (Lipinski definition) is 1. The molecule has 1 aromatic carbocycles. The first kappa shape index (κ1) is 15.9. The molecule has 112 valence electrons. The second-order valence-electron chi connectivity index (χ2n) is 4.57. The number of hydrogen-bond acceptors (Lipinski definition) is 4. The number of anilines is 1. The molecule has 5 nitrogen and oxygen atoms in total. The van der Waals surface area contributed by atoms with Crippen molar-refractivity contribution in [2.24, 2.45) is 0 Å². The van der Waals surface area contributed by atoms with E-state index < -0.39 is 23.2 Å². The second-order valence-corrected chi connectivity index (χ2v) is 5.80. The van der Waals surface area contributed by atoms with Crippen molar-refractivity contribution in [2.75, 3.05) is 11.5 Å². The van der Waals surface area contributed by atoms with E-state index in [1.165, 1.54) is 11.8 Å². The van der Waals surface area contributed by atoms with Gasteiger partial charge in [-0.05, 0) is 54.0 Å². The third kappa shape index (κ3) is 2.42. The van der Waals surface area contributed by atoms with E-state index in [1.54, 1.807) is 31.2 Å². The smallest absolute Gasteiger partial charge is 0.337 e. The summed E-state index contributed by atoms with van der Waals surface area (Å²) in [5.41, 5.74) is -1.02. The van der Waals surface area contributed by atoms with Crippen LogP contribution in [0.15, 0.2) is 34.5 Å². The third-order valence-electron chi connectivity index (χ3n) is 3.25. The molecule has 2 rings (SSSR count). The minimum absolute atomic E-state index is 0.0772. The number of halogens is 2. The number of aliphatic hydroxyl groups is 1. The molecule has 1 aliphatic rings. The molecule has 1 heterocycles. The fourth-order valence-corrected chi connectivity index (χ4v) is 2.78. The predicted octanol–water partition coefficient (Wildman–Crippen LogP) is 3.17. The van der Waals surface area contributed by atoms with Crippen LogP contribution in [0.1, 0.15) is 13.8 Å². The lowest BCUT2D eigenvalue weighted by Crippen LogP contribution is -2.52. The Balaban J connectivity index is 2.55. The van der Waals surface area contributed by atoms with Gasteiger partial charge in [-0.3, -0.25) is 9.69 Å². The molecule has 21 heavy (non-hydrogen) atoms. The highest BCUT2D eigenvalue weighted by molar-refractivity contribution is 9.11. The molecule has 1 unspecified atom stereocenters. The van der Waals surface area contributed by atoms with Gasteiger partial charge < -0.3 is 9.84 Å². The zero-order chi connectivity index (χ0) is 15.8. The molecule has 7 heteroatoms. The Morgan fingerprint density at radius 1 is 1.43 bits per heavy atom. The molecule has 0 aromatic heterocycles. The molecule has 1 aromatic rings. The van der Waals surface area contributed by atoms with Crippen LogP contribution in [0.3, 0.4) is 0 Å². The summed E-state index contributed by atoms with van der Waals surface area (Å²) in [5.74, 6) is -1.83. The van der Waals surface area contributed by atoms with Crippen molar-refractivity contribution in [3.8, 4) is 0 Å². The Hall–Kier alpha value is -1.53. The van der Waals surface area contributed by atoms with Gasteiger partial charge in [0.2, 0.25) is 0 Å². The van der Waals surface area contributed by atoms with Gasteiger partial charge in [-0.25, -0.2) is 4.79 Å². The molecular weight excluding hydrogens is 362 g/mol. The first-order valence-electron chi connectivity index (χ1n) is 6.20. The van der Waals surface area contributed by atoms with Crippen LogP contribution in [-0.2, 0) is 14.3 Å². The summed E-state index contributed by atoms with van der Waals surface area (Å²) in [6, 6.07) is 6.38. The maximum Gasteiger partial charge on any atom is 0.337 e. The molecular formula is C14H13BrClNO4. The highest BCUT2D eigenvalue weighted by Crippen LogP contribution is 2.42. The Labute approximate surface area is 135 Å². The van der Waals surface area contributed by atoms with Gasteiger partial charge in [0, 0.05) is 10.7 Å². The number of nitrogens with zero attached hydrogens (tertiary/aromatic N) is 1. The Kier molecular flexibility index (Phi) is 4.30. The quantitative estimate of drug-likeness (QED) is 0.825. The number of esters is 1. The van der Waals surface area contributed by atoms with Crippen molar-refractivity contribution >= 4 is 45.1 Å². The summed E-state index contributed by atoms with van der Waals surface area (Å²) >= 11 is 8.96. The molecule has 0 bridgehead atoms. The SMILES string of the molecule is CCOC(=O)C1(C)C(Br)=C(O)C(=O)N1c1ccc(Cl)cc1. The highest BCUT2D eigenvalue weighted by Gasteiger charge is 2.55. The van der Waals surface area contributed by atoms with Gasteiger partial charge in [-0.1, -0.05) is 11.6 Å². The number of ether oxygens (including phenoxy) is 1.